The van der Waals surface area contributed by atoms with Crippen molar-refractivity contribution in [2.24, 2.45) is 5.92 Å². The van der Waals surface area contributed by atoms with Gasteiger partial charge in [-0.05, 0) is 38.8 Å². The molecule has 1 aromatic heterocycles. The summed E-state index contributed by atoms with van der Waals surface area (Å²) in [5.74, 6) is 0.528. The Morgan fingerprint density at radius 1 is 1.27 bits per heavy atom. The second-order valence-corrected chi connectivity index (χ2v) is 6.61. The fourth-order valence-electron chi connectivity index (χ4n) is 3.75. The smallest absolute Gasteiger partial charge is 0.223 e. The van der Waals surface area contributed by atoms with E-state index in [9.17, 15) is 9.90 Å². The quantitative estimate of drug-likeness (QED) is 0.906. The van der Waals surface area contributed by atoms with Gasteiger partial charge in [-0.25, -0.2) is 0 Å². The van der Waals surface area contributed by atoms with Gasteiger partial charge in [0.05, 0.1) is 5.69 Å². The number of hydrogen-bond donors (Lipinski definition) is 1. The van der Waals surface area contributed by atoms with Gasteiger partial charge >= 0.3 is 0 Å². The summed E-state index contributed by atoms with van der Waals surface area (Å²) in [6, 6.07) is 1.98. The largest absolute Gasteiger partial charge is 0.503 e. The first-order valence-corrected chi connectivity index (χ1v) is 8.65. The highest BCUT2D eigenvalue weighted by Crippen LogP contribution is 2.36. The molecule has 1 aliphatic rings. The van der Waals surface area contributed by atoms with E-state index in [2.05, 4.69) is 30.2 Å². The molecule has 1 aromatic rings. The lowest BCUT2D eigenvalue weighted by atomic mass is 9.85. The molecule has 0 aromatic carbocycles. The van der Waals surface area contributed by atoms with Crippen LogP contribution in [0.4, 0.5) is 0 Å². The molecule has 1 heterocycles. The molecule has 0 spiro atoms. The molecule has 4 heteroatoms. The zero-order valence-electron chi connectivity index (χ0n) is 14.4. The van der Waals surface area contributed by atoms with Gasteiger partial charge in [0.2, 0.25) is 5.43 Å². The third-order valence-corrected chi connectivity index (χ3v) is 5.18. The lowest BCUT2D eigenvalue weighted by Gasteiger charge is -2.35. The summed E-state index contributed by atoms with van der Waals surface area (Å²) in [4.78, 5) is 14.3. The molecule has 124 valence electrons. The third kappa shape index (κ3) is 3.37. The minimum absolute atomic E-state index is 0.0599. The summed E-state index contributed by atoms with van der Waals surface area (Å²) >= 11 is 0. The molecule has 1 saturated carbocycles. The van der Waals surface area contributed by atoms with E-state index in [0.29, 0.717) is 18.5 Å². The maximum absolute atomic E-state index is 12.1. The van der Waals surface area contributed by atoms with E-state index in [1.807, 2.05) is 6.92 Å². The predicted octanol–water partition coefficient (Wildman–Crippen LogP) is 3.46. The Hall–Kier alpha value is -1.29. The SMILES string of the molecule is CCN(CC)Cc1c(O)c(=O)cc(C)n1C1CCCCC1C. The first-order valence-electron chi connectivity index (χ1n) is 8.65. The Morgan fingerprint density at radius 3 is 2.50 bits per heavy atom. The average Bonchev–Trinajstić information content (AvgIpc) is 2.50. The second kappa shape index (κ2) is 7.32. The van der Waals surface area contributed by atoms with Gasteiger partial charge in [0, 0.05) is 24.3 Å². The van der Waals surface area contributed by atoms with E-state index in [-0.39, 0.29) is 11.2 Å². The van der Waals surface area contributed by atoms with Crippen LogP contribution < -0.4 is 5.43 Å². The molecule has 0 aliphatic heterocycles. The summed E-state index contributed by atoms with van der Waals surface area (Å²) in [6.45, 7) is 11.0. The molecule has 2 unspecified atom stereocenters. The van der Waals surface area contributed by atoms with Gasteiger partial charge in [0.15, 0.2) is 5.75 Å². The van der Waals surface area contributed by atoms with Gasteiger partial charge in [-0.3, -0.25) is 9.69 Å². The second-order valence-electron chi connectivity index (χ2n) is 6.61. The van der Waals surface area contributed by atoms with E-state index >= 15 is 0 Å². The molecular weight excluding hydrogens is 276 g/mol. The maximum Gasteiger partial charge on any atom is 0.223 e. The highest BCUT2D eigenvalue weighted by molar-refractivity contribution is 5.30. The highest BCUT2D eigenvalue weighted by Gasteiger charge is 2.27. The molecule has 1 aliphatic carbocycles. The Kier molecular flexibility index (Phi) is 5.68. The number of nitrogens with zero attached hydrogens (tertiary/aromatic N) is 2. The molecule has 22 heavy (non-hydrogen) atoms. The summed E-state index contributed by atoms with van der Waals surface area (Å²) < 4.78 is 2.25. The van der Waals surface area contributed by atoms with E-state index in [1.165, 1.54) is 19.3 Å². The fraction of sp³-hybridized carbons (Fsp3) is 0.722. The van der Waals surface area contributed by atoms with Crippen LogP contribution in [0, 0.1) is 12.8 Å². The van der Waals surface area contributed by atoms with Crippen LogP contribution in [0.15, 0.2) is 10.9 Å². The third-order valence-electron chi connectivity index (χ3n) is 5.18. The van der Waals surface area contributed by atoms with E-state index in [0.717, 1.165) is 30.9 Å². The lowest BCUT2D eigenvalue weighted by Crippen LogP contribution is -2.31. The number of hydrogen-bond acceptors (Lipinski definition) is 3. The molecule has 0 saturated heterocycles. The van der Waals surface area contributed by atoms with Crippen molar-refractivity contribution in [3.63, 3.8) is 0 Å². The highest BCUT2D eigenvalue weighted by atomic mass is 16.3. The Bertz CT molecular complexity index is 561. The number of rotatable bonds is 5. The van der Waals surface area contributed by atoms with Crippen molar-refractivity contribution >= 4 is 0 Å². The van der Waals surface area contributed by atoms with Crippen LogP contribution in [0.25, 0.3) is 0 Å². The number of aromatic nitrogens is 1. The van der Waals surface area contributed by atoms with Crippen molar-refractivity contribution < 1.29 is 5.11 Å². The Morgan fingerprint density at radius 2 is 1.91 bits per heavy atom. The number of aromatic hydroxyl groups is 1. The van der Waals surface area contributed by atoms with E-state index < -0.39 is 0 Å². The standard InChI is InChI=1S/C18H30N2O2/c1-5-19(6-2)12-16-18(22)17(21)11-14(4)20(16)15-10-8-7-9-13(15)3/h11,13,15,22H,5-10,12H2,1-4H3. The number of aryl methyl sites for hydroxylation is 1. The zero-order chi connectivity index (χ0) is 16.3. The van der Waals surface area contributed by atoms with Crippen molar-refractivity contribution in [1.29, 1.82) is 0 Å². The summed E-state index contributed by atoms with van der Waals surface area (Å²) in [6.07, 6.45) is 4.87. The van der Waals surface area contributed by atoms with Crippen LogP contribution >= 0.6 is 0 Å². The van der Waals surface area contributed by atoms with E-state index in [4.69, 9.17) is 0 Å². The van der Waals surface area contributed by atoms with Crippen molar-refractivity contribution in [3.8, 4) is 5.75 Å². The average molecular weight is 306 g/mol. The molecule has 2 rings (SSSR count). The van der Waals surface area contributed by atoms with Gasteiger partial charge in [0.1, 0.15) is 0 Å². The first-order chi connectivity index (χ1) is 10.5. The van der Waals surface area contributed by atoms with Gasteiger partial charge < -0.3 is 9.67 Å². The van der Waals surface area contributed by atoms with Crippen LogP contribution in [0.1, 0.15) is 63.9 Å². The van der Waals surface area contributed by atoms with Crippen LogP contribution in [0.5, 0.6) is 5.75 Å². The van der Waals surface area contributed by atoms with Crippen LogP contribution in [0.2, 0.25) is 0 Å². The van der Waals surface area contributed by atoms with Gasteiger partial charge in [0.25, 0.3) is 0 Å². The topological polar surface area (TPSA) is 45.5 Å². The molecule has 1 fully saturated rings. The first kappa shape index (κ1) is 17.1. The Labute approximate surface area is 133 Å². The minimum Gasteiger partial charge on any atom is -0.503 e. The maximum atomic E-state index is 12.1. The molecular formula is C18H30N2O2. The van der Waals surface area contributed by atoms with Crippen LogP contribution in [-0.4, -0.2) is 27.7 Å². The molecule has 0 radical (unpaired) electrons. The molecule has 2 atom stereocenters. The van der Waals surface area contributed by atoms with Crippen molar-refractivity contribution in [3.05, 3.63) is 27.7 Å². The minimum atomic E-state index is -0.251. The number of pyridine rings is 1. The fourth-order valence-corrected chi connectivity index (χ4v) is 3.75. The summed E-state index contributed by atoms with van der Waals surface area (Å²) in [5.41, 5.74) is 1.52. The van der Waals surface area contributed by atoms with Gasteiger partial charge in [-0.1, -0.05) is 33.6 Å². The predicted molar refractivity (Wildman–Crippen MR) is 90.4 cm³/mol. The summed E-state index contributed by atoms with van der Waals surface area (Å²) in [5, 5.41) is 10.4. The van der Waals surface area contributed by atoms with Crippen LogP contribution in [0.3, 0.4) is 0 Å². The molecule has 0 bridgehead atoms. The van der Waals surface area contributed by atoms with Crippen molar-refractivity contribution in [2.45, 2.75) is 66.0 Å². The van der Waals surface area contributed by atoms with Gasteiger partial charge in [-0.15, -0.1) is 0 Å². The Balaban J connectivity index is 2.50. The molecule has 4 nitrogen and oxygen atoms in total. The zero-order valence-corrected chi connectivity index (χ0v) is 14.4. The van der Waals surface area contributed by atoms with Crippen molar-refractivity contribution in [2.75, 3.05) is 13.1 Å². The van der Waals surface area contributed by atoms with Gasteiger partial charge in [-0.2, -0.15) is 0 Å². The monoisotopic (exact) mass is 306 g/mol. The molecule has 1 N–H and O–H groups in total. The van der Waals surface area contributed by atoms with E-state index in [1.54, 1.807) is 6.07 Å². The van der Waals surface area contributed by atoms with Crippen molar-refractivity contribution in [1.82, 2.24) is 9.47 Å². The van der Waals surface area contributed by atoms with Crippen LogP contribution in [-0.2, 0) is 6.54 Å². The lowest BCUT2D eigenvalue weighted by molar-refractivity contribution is 0.226. The normalized spacial score (nSPS) is 22.2. The summed E-state index contributed by atoms with van der Waals surface area (Å²) in [7, 11) is 0. The molecule has 0 amide bonds.